The van der Waals surface area contributed by atoms with Crippen LogP contribution in [0.15, 0.2) is 34.9 Å². The number of hydrogen-bond acceptors (Lipinski definition) is 6. The molecular formula is C18H24FN3O3. The maximum absolute atomic E-state index is 13.1. The van der Waals surface area contributed by atoms with Crippen LogP contribution in [-0.2, 0) is 10.2 Å². The zero-order valence-corrected chi connectivity index (χ0v) is 14.7. The average Bonchev–Trinajstić information content (AvgIpc) is 2.97. The Labute approximate surface area is 146 Å². The van der Waals surface area contributed by atoms with E-state index in [1.54, 1.807) is 25.3 Å². The first-order valence-electron chi connectivity index (χ1n) is 8.33. The number of methoxy groups -OCH3 is 1. The lowest BCUT2D eigenvalue weighted by molar-refractivity contribution is 0.137. The van der Waals surface area contributed by atoms with Crippen molar-refractivity contribution in [3.63, 3.8) is 0 Å². The van der Waals surface area contributed by atoms with Crippen LogP contribution in [0.25, 0.3) is 0 Å². The second kappa shape index (κ2) is 7.01. The quantitative estimate of drug-likeness (QED) is 0.749. The fraction of sp³-hybridized carbons (Fsp3) is 0.500. The standard InChI is InChI=1S/C18H24FN3O3/c1-18(2,11-24-3)15-10-16(25-21-15)20-17(23)14-8-9-22(14)13-6-4-12(19)5-7-13/h4-7,10,14,17,20,23H,8-9,11H2,1-3H3/t14-,17?/m0/s1. The molecule has 7 heteroatoms. The summed E-state index contributed by atoms with van der Waals surface area (Å²) >= 11 is 0. The third-order valence-corrected chi connectivity index (χ3v) is 4.59. The molecular weight excluding hydrogens is 325 g/mol. The molecule has 1 fully saturated rings. The number of aliphatic hydroxyl groups excluding tert-OH is 1. The number of rotatable bonds is 7. The Kier molecular flexibility index (Phi) is 4.96. The van der Waals surface area contributed by atoms with E-state index in [1.807, 2.05) is 18.7 Å². The molecule has 2 heterocycles. The highest BCUT2D eigenvalue weighted by Crippen LogP contribution is 2.30. The van der Waals surface area contributed by atoms with Crippen LogP contribution >= 0.6 is 0 Å². The van der Waals surface area contributed by atoms with Crippen molar-refractivity contribution < 1.29 is 18.8 Å². The normalized spacial score (nSPS) is 18.8. The number of nitrogens with one attached hydrogen (secondary N) is 1. The van der Waals surface area contributed by atoms with Gasteiger partial charge in [0.05, 0.1) is 18.3 Å². The Hall–Kier alpha value is -2.12. The van der Waals surface area contributed by atoms with Gasteiger partial charge in [-0.05, 0) is 30.7 Å². The Morgan fingerprint density at radius 1 is 1.44 bits per heavy atom. The number of ether oxygens (including phenoxy) is 1. The third kappa shape index (κ3) is 3.77. The number of benzene rings is 1. The van der Waals surface area contributed by atoms with E-state index in [2.05, 4.69) is 10.5 Å². The van der Waals surface area contributed by atoms with Gasteiger partial charge in [-0.1, -0.05) is 19.0 Å². The van der Waals surface area contributed by atoms with Gasteiger partial charge in [-0.2, -0.15) is 0 Å². The van der Waals surface area contributed by atoms with Gasteiger partial charge in [0.1, 0.15) is 12.0 Å². The van der Waals surface area contributed by atoms with Crippen molar-refractivity contribution in [2.24, 2.45) is 0 Å². The smallest absolute Gasteiger partial charge is 0.226 e. The maximum Gasteiger partial charge on any atom is 0.226 e. The summed E-state index contributed by atoms with van der Waals surface area (Å²) in [6.07, 6.45) is 0.0203. The summed E-state index contributed by atoms with van der Waals surface area (Å²) in [4.78, 5) is 2.03. The lowest BCUT2D eigenvalue weighted by atomic mass is 9.90. The summed E-state index contributed by atoms with van der Waals surface area (Å²) in [5.74, 6) is 0.144. The topological polar surface area (TPSA) is 70.8 Å². The number of aliphatic hydroxyl groups is 1. The summed E-state index contributed by atoms with van der Waals surface area (Å²) < 4.78 is 23.6. The zero-order chi connectivity index (χ0) is 18.0. The van der Waals surface area contributed by atoms with Gasteiger partial charge in [-0.25, -0.2) is 4.39 Å². The van der Waals surface area contributed by atoms with Gasteiger partial charge in [0.25, 0.3) is 0 Å². The molecule has 136 valence electrons. The van der Waals surface area contributed by atoms with Crippen LogP contribution in [0.1, 0.15) is 26.0 Å². The summed E-state index contributed by atoms with van der Waals surface area (Å²) in [5, 5.41) is 17.5. The second-order valence-electron chi connectivity index (χ2n) is 7.01. The predicted octanol–water partition coefficient (Wildman–Crippen LogP) is 2.75. The molecule has 1 unspecified atom stereocenters. The van der Waals surface area contributed by atoms with E-state index < -0.39 is 6.23 Å². The van der Waals surface area contributed by atoms with Gasteiger partial charge in [-0.3, -0.25) is 0 Å². The number of nitrogens with zero attached hydrogens (tertiary/aromatic N) is 2. The maximum atomic E-state index is 13.1. The average molecular weight is 349 g/mol. The van der Waals surface area contributed by atoms with Crippen molar-refractivity contribution in [1.82, 2.24) is 5.16 Å². The number of aromatic nitrogens is 1. The lowest BCUT2D eigenvalue weighted by Crippen LogP contribution is -2.56. The third-order valence-electron chi connectivity index (χ3n) is 4.59. The number of hydrogen-bond donors (Lipinski definition) is 2. The molecule has 1 aromatic carbocycles. The fourth-order valence-electron chi connectivity index (χ4n) is 3.03. The largest absolute Gasteiger partial charge is 0.384 e. The van der Waals surface area contributed by atoms with Crippen LogP contribution in [0.5, 0.6) is 0 Å². The van der Waals surface area contributed by atoms with Crippen LogP contribution < -0.4 is 10.2 Å². The molecule has 0 aliphatic carbocycles. The zero-order valence-electron chi connectivity index (χ0n) is 14.7. The molecule has 1 aromatic heterocycles. The molecule has 2 atom stereocenters. The molecule has 2 N–H and O–H groups in total. The lowest BCUT2D eigenvalue weighted by Gasteiger charge is -2.45. The minimum Gasteiger partial charge on any atom is -0.384 e. The summed E-state index contributed by atoms with van der Waals surface area (Å²) in [6.45, 7) is 5.35. The van der Waals surface area contributed by atoms with Crippen molar-refractivity contribution >= 4 is 11.6 Å². The van der Waals surface area contributed by atoms with Gasteiger partial charge in [0.2, 0.25) is 5.88 Å². The summed E-state index contributed by atoms with van der Waals surface area (Å²) in [7, 11) is 1.64. The number of anilines is 2. The highest BCUT2D eigenvalue weighted by Gasteiger charge is 2.35. The minimum absolute atomic E-state index is 0.106. The predicted molar refractivity (Wildman–Crippen MR) is 93.2 cm³/mol. The summed E-state index contributed by atoms with van der Waals surface area (Å²) in [5.41, 5.74) is 1.37. The molecule has 1 saturated heterocycles. The van der Waals surface area contributed by atoms with Gasteiger partial charge < -0.3 is 24.6 Å². The molecule has 0 saturated carbocycles. The number of halogens is 1. The van der Waals surface area contributed by atoms with Crippen LogP contribution in [0.3, 0.4) is 0 Å². The first-order chi connectivity index (χ1) is 11.9. The van der Waals surface area contributed by atoms with Crippen molar-refractivity contribution in [3.05, 3.63) is 41.8 Å². The molecule has 1 aliphatic heterocycles. The highest BCUT2D eigenvalue weighted by molar-refractivity contribution is 5.51. The minimum atomic E-state index is -0.815. The van der Waals surface area contributed by atoms with Crippen molar-refractivity contribution in [1.29, 1.82) is 0 Å². The summed E-state index contributed by atoms with van der Waals surface area (Å²) in [6, 6.07) is 7.95. The highest BCUT2D eigenvalue weighted by atomic mass is 19.1. The first-order valence-corrected chi connectivity index (χ1v) is 8.33. The SMILES string of the molecule is COCC(C)(C)c1cc(NC(O)[C@@H]2CCN2c2ccc(F)cc2)on1. The van der Waals surface area contributed by atoms with E-state index in [4.69, 9.17) is 9.26 Å². The second-order valence-corrected chi connectivity index (χ2v) is 7.01. The van der Waals surface area contributed by atoms with Gasteiger partial charge in [0, 0.05) is 30.8 Å². The van der Waals surface area contributed by atoms with Crippen LogP contribution in [0.4, 0.5) is 16.0 Å². The monoisotopic (exact) mass is 349 g/mol. The van der Waals surface area contributed by atoms with Crippen LogP contribution in [-0.4, -0.2) is 42.8 Å². The molecule has 2 aromatic rings. The Morgan fingerprint density at radius 2 is 2.16 bits per heavy atom. The molecule has 6 nitrogen and oxygen atoms in total. The van der Waals surface area contributed by atoms with Crippen molar-refractivity contribution in [2.45, 2.75) is 38.0 Å². The molecule has 25 heavy (non-hydrogen) atoms. The van der Waals surface area contributed by atoms with E-state index in [0.29, 0.717) is 12.5 Å². The van der Waals surface area contributed by atoms with Crippen molar-refractivity contribution in [2.75, 3.05) is 30.5 Å². The van der Waals surface area contributed by atoms with E-state index in [9.17, 15) is 9.50 Å². The Bertz CT molecular complexity index is 702. The van der Waals surface area contributed by atoms with Crippen LogP contribution in [0, 0.1) is 5.82 Å². The fourth-order valence-corrected chi connectivity index (χ4v) is 3.03. The van der Waals surface area contributed by atoms with E-state index >= 15 is 0 Å². The van der Waals surface area contributed by atoms with Gasteiger partial charge >= 0.3 is 0 Å². The first kappa shape index (κ1) is 17.7. The van der Waals surface area contributed by atoms with Gasteiger partial charge in [0.15, 0.2) is 0 Å². The molecule has 3 rings (SSSR count). The molecule has 0 amide bonds. The molecule has 0 spiro atoms. The molecule has 1 aliphatic rings. The Morgan fingerprint density at radius 3 is 2.76 bits per heavy atom. The van der Waals surface area contributed by atoms with E-state index in [-0.39, 0.29) is 17.3 Å². The van der Waals surface area contributed by atoms with E-state index in [0.717, 1.165) is 24.3 Å². The molecule has 0 bridgehead atoms. The molecule has 0 radical (unpaired) electrons. The Balaban J connectivity index is 1.63. The van der Waals surface area contributed by atoms with Gasteiger partial charge in [-0.15, -0.1) is 0 Å². The van der Waals surface area contributed by atoms with E-state index in [1.165, 1.54) is 12.1 Å². The van der Waals surface area contributed by atoms with Crippen LogP contribution in [0.2, 0.25) is 0 Å². The van der Waals surface area contributed by atoms with Crippen molar-refractivity contribution in [3.8, 4) is 0 Å².